The molecule has 6 atom stereocenters. The molecule has 5 rings (SSSR count). The Bertz CT molecular complexity index is 1120. The van der Waals surface area contributed by atoms with Crippen LogP contribution in [0.25, 0.3) is 0 Å². The van der Waals surface area contributed by atoms with Gasteiger partial charge in [0.1, 0.15) is 5.76 Å². The number of carbonyl (C=O) groups excluding carboxylic acids is 2. The van der Waals surface area contributed by atoms with Gasteiger partial charge in [0, 0.05) is 24.6 Å². The van der Waals surface area contributed by atoms with Gasteiger partial charge in [-0.3, -0.25) is 4.79 Å². The van der Waals surface area contributed by atoms with Gasteiger partial charge in [-0.1, -0.05) is 19.9 Å². The summed E-state index contributed by atoms with van der Waals surface area (Å²) < 4.78 is 17.5. The highest BCUT2D eigenvalue weighted by Gasteiger charge is 2.72. The minimum absolute atomic E-state index is 0.00297. The SMILES string of the molecule is CC(C)C[C@H](CN)C(=O)O[C@@H](C)C(=O)OC1=CC[C@@]2(O)[C@H]3Cc4ccc(O)c5c4[C@@]2(CCN3C)[C@H]1O5. The molecule has 0 aromatic heterocycles. The monoisotopic (exact) mass is 500 g/mol. The van der Waals surface area contributed by atoms with Crippen molar-refractivity contribution >= 4 is 11.9 Å². The molecule has 1 saturated heterocycles. The molecule has 2 aliphatic carbocycles. The topological polar surface area (TPSA) is 132 Å². The Kier molecular flexibility index (Phi) is 6.08. The molecule has 2 heterocycles. The van der Waals surface area contributed by atoms with Gasteiger partial charge in [0.05, 0.1) is 16.9 Å². The molecular formula is C27H36N2O7. The van der Waals surface area contributed by atoms with Crippen LogP contribution < -0.4 is 10.5 Å². The van der Waals surface area contributed by atoms with Crippen molar-refractivity contribution in [3.63, 3.8) is 0 Å². The Hall–Kier alpha value is -2.62. The average Bonchev–Trinajstić information content (AvgIpc) is 3.19. The molecule has 2 bridgehead atoms. The van der Waals surface area contributed by atoms with Crippen LogP contribution in [0.15, 0.2) is 24.0 Å². The van der Waals surface area contributed by atoms with E-state index >= 15 is 0 Å². The molecule has 1 fully saturated rings. The number of benzene rings is 1. The summed E-state index contributed by atoms with van der Waals surface area (Å²) in [5, 5.41) is 22.8. The van der Waals surface area contributed by atoms with Gasteiger partial charge in [-0.05, 0) is 63.4 Å². The van der Waals surface area contributed by atoms with Crippen molar-refractivity contribution in [3.05, 3.63) is 35.1 Å². The van der Waals surface area contributed by atoms with Crippen LogP contribution in [-0.2, 0) is 30.9 Å². The summed E-state index contributed by atoms with van der Waals surface area (Å²) in [6.07, 6.45) is 1.85. The first kappa shape index (κ1) is 25.0. The third-order valence-corrected chi connectivity index (χ3v) is 8.57. The number of phenols is 1. The van der Waals surface area contributed by atoms with Crippen molar-refractivity contribution in [1.82, 2.24) is 4.90 Å². The van der Waals surface area contributed by atoms with Crippen LogP contribution in [-0.4, -0.2) is 71.0 Å². The average molecular weight is 501 g/mol. The molecule has 0 unspecified atom stereocenters. The molecule has 9 nitrogen and oxygen atoms in total. The first-order valence-corrected chi connectivity index (χ1v) is 12.8. The number of aliphatic hydroxyl groups is 1. The summed E-state index contributed by atoms with van der Waals surface area (Å²) in [5.41, 5.74) is 5.60. The van der Waals surface area contributed by atoms with Crippen molar-refractivity contribution in [1.29, 1.82) is 0 Å². The van der Waals surface area contributed by atoms with Gasteiger partial charge in [-0.15, -0.1) is 0 Å². The Labute approximate surface area is 211 Å². The Balaban J connectivity index is 1.42. The van der Waals surface area contributed by atoms with E-state index in [1.807, 2.05) is 27.0 Å². The maximum atomic E-state index is 13.0. The number of aromatic hydroxyl groups is 1. The minimum Gasteiger partial charge on any atom is -0.504 e. The Morgan fingerprint density at radius 1 is 1.28 bits per heavy atom. The Morgan fingerprint density at radius 3 is 2.72 bits per heavy atom. The van der Waals surface area contributed by atoms with Gasteiger partial charge in [0.15, 0.2) is 23.7 Å². The predicted octanol–water partition coefficient (Wildman–Crippen LogP) is 1.77. The number of nitrogens with two attached hydrogens (primary N) is 1. The lowest BCUT2D eigenvalue weighted by atomic mass is 9.50. The lowest BCUT2D eigenvalue weighted by Crippen LogP contribution is -2.74. The van der Waals surface area contributed by atoms with E-state index < -0.39 is 41.1 Å². The van der Waals surface area contributed by atoms with E-state index in [0.29, 0.717) is 25.0 Å². The van der Waals surface area contributed by atoms with Crippen LogP contribution in [0.4, 0.5) is 0 Å². The van der Waals surface area contributed by atoms with Crippen LogP contribution in [0.1, 0.15) is 51.2 Å². The fourth-order valence-electron chi connectivity index (χ4n) is 6.81. The third-order valence-electron chi connectivity index (χ3n) is 8.57. The summed E-state index contributed by atoms with van der Waals surface area (Å²) in [4.78, 5) is 27.8. The summed E-state index contributed by atoms with van der Waals surface area (Å²) >= 11 is 0. The fraction of sp³-hybridized carbons (Fsp3) is 0.630. The number of esters is 2. The molecule has 0 saturated carbocycles. The maximum absolute atomic E-state index is 13.0. The van der Waals surface area contributed by atoms with E-state index in [4.69, 9.17) is 19.9 Å². The summed E-state index contributed by atoms with van der Waals surface area (Å²) in [6.45, 7) is 6.33. The second-order valence-electron chi connectivity index (χ2n) is 11.2. The lowest BCUT2D eigenvalue weighted by Gasteiger charge is -2.61. The molecule has 2 aliphatic heterocycles. The summed E-state index contributed by atoms with van der Waals surface area (Å²) in [6, 6.07) is 3.37. The number of hydrogen-bond donors (Lipinski definition) is 3. The normalized spacial score (nSPS) is 31.7. The predicted molar refractivity (Wildman–Crippen MR) is 130 cm³/mol. The van der Waals surface area contributed by atoms with Crippen LogP contribution >= 0.6 is 0 Å². The molecule has 0 radical (unpaired) electrons. The quantitative estimate of drug-likeness (QED) is 0.479. The lowest BCUT2D eigenvalue weighted by molar-refractivity contribution is -0.176. The zero-order valence-electron chi connectivity index (χ0n) is 21.3. The maximum Gasteiger partial charge on any atom is 0.352 e. The highest BCUT2D eigenvalue weighted by Crippen LogP contribution is 2.65. The van der Waals surface area contributed by atoms with Gasteiger partial charge in [0.25, 0.3) is 0 Å². The summed E-state index contributed by atoms with van der Waals surface area (Å²) in [7, 11) is 2.01. The van der Waals surface area contributed by atoms with Crippen molar-refractivity contribution in [2.24, 2.45) is 17.6 Å². The molecule has 196 valence electrons. The second-order valence-corrected chi connectivity index (χ2v) is 11.2. The Morgan fingerprint density at radius 2 is 2.03 bits per heavy atom. The number of phenolic OH excluding ortho intramolecular Hbond substituents is 1. The smallest absolute Gasteiger partial charge is 0.352 e. The molecule has 1 aromatic rings. The van der Waals surface area contributed by atoms with E-state index in [2.05, 4.69) is 4.90 Å². The number of hydrogen-bond acceptors (Lipinski definition) is 9. The number of nitrogens with zero attached hydrogens (tertiary/aromatic N) is 1. The van der Waals surface area contributed by atoms with Crippen molar-refractivity contribution in [3.8, 4) is 11.5 Å². The third kappa shape index (κ3) is 3.47. The number of rotatable bonds is 7. The first-order chi connectivity index (χ1) is 17.0. The second kappa shape index (κ2) is 8.75. The number of piperidine rings is 1. The summed E-state index contributed by atoms with van der Waals surface area (Å²) in [5.74, 6) is -0.848. The van der Waals surface area contributed by atoms with E-state index in [9.17, 15) is 19.8 Å². The minimum atomic E-state index is -1.14. The van der Waals surface area contributed by atoms with Gasteiger partial charge in [-0.25, -0.2) is 4.79 Å². The van der Waals surface area contributed by atoms with Gasteiger partial charge in [-0.2, -0.15) is 0 Å². The van der Waals surface area contributed by atoms with E-state index in [1.165, 1.54) is 6.92 Å². The van der Waals surface area contributed by atoms with Crippen LogP contribution in [0.5, 0.6) is 11.5 Å². The number of carbonyl (C=O) groups is 2. The van der Waals surface area contributed by atoms with E-state index in [1.54, 1.807) is 12.1 Å². The molecule has 9 heteroatoms. The van der Waals surface area contributed by atoms with Gasteiger partial charge in [0.2, 0.25) is 0 Å². The first-order valence-electron chi connectivity index (χ1n) is 12.8. The number of ether oxygens (including phenoxy) is 3. The van der Waals surface area contributed by atoms with Gasteiger partial charge >= 0.3 is 11.9 Å². The molecule has 36 heavy (non-hydrogen) atoms. The largest absolute Gasteiger partial charge is 0.504 e. The van der Waals surface area contributed by atoms with Gasteiger partial charge < -0.3 is 35.1 Å². The fourth-order valence-corrected chi connectivity index (χ4v) is 6.81. The molecule has 0 amide bonds. The standard InChI is InChI=1S/C27H36N2O7/c1-14(2)11-17(13-28)25(32)34-15(3)24(31)35-19-7-8-27(33)20-12-16-5-6-18(30)22-21(16)26(27,23(19)36-22)9-10-29(20)4/h5-7,14-15,17,20,23,30,33H,8-13,28H2,1-4H3/t15-,17+,20+,23-,26-,27+/m0/s1. The van der Waals surface area contributed by atoms with Crippen molar-refractivity contribution < 1.29 is 34.0 Å². The molecule has 4 aliphatic rings. The van der Waals surface area contributed by atoms with E-state index in [-0.39, 0.29) is 36.4 Å². The molecule has 4 N–H and O–H groups in total. The molecule has 1 spiro atoms. The van der Waals surface area contributed by atoms with Crippen molar-refractivity contribution in [2.75, 3.05) is 20.1 Å². The van der Waals surface area contributed by atoms with E-state index in [0.717, 1.165) is 17.7 Å². The zero-order valence-corrected chi connectivity index (χ0v) is 21.3. The highest BCUT2D eigenvalue weighted by molar-refractivity contribution is 5.81. The molecular weight excluding hydrogens is 464 g/mol. The van der Waals surface area contributed by atoms with Crippen molar-refractivity contribution in [2.45, 2.75) is 75.7 Å². The highest BCUT2D eigenvalue weighted by atomic mass is 16.6. The number of likely N-dealkylation sites (tertiary alicyclic amines) is 1. The zero-order chi connectivity index (χ0) is 26.0. The number of likely N-dealkylation sites (N-methyl/N-ethyl adjacent to an activating group) is 1. The van der Waals surface area contributed by atoms with Crippen LogP contribution in [0.2, 0.25) is 0 Å². The molecule has 1 aromatic carbocycles. The van der Waals surface area contributed by atoms with Crippen LogP contribution in [0.3, 0.4) is 0 Å². The van der Waals surface area contributed by atoms with Crippen LogP contribution in [0, 0.1) is 11.8 Å².